The van der Waals surface area contributed by atoms with Crippen LogP contribution in [0, 0.1) is 0 Å². The van der Waals surface area contributed by atoms with Crippen LogP contribution >= 0.6 is 0 Å². The van der Waals surface area contributed by atoms with Crippen LogP contribution in [-0.2, 0) is 34.1 Å². The molecule has 1 heterocycles. The van der Waals surface area contributed by atoms with Crippen molar-refractivity contribution in [2.75, 3.05) is 6.26 Å². The lowest BCUT2D eigenvalue weighted by molar-refractivity contribution is -0.671. The molecule has 0 saturated carbocycles. The Morgan fingerprint density at radius 2 is 1.65 bits per heavy atom. The van der Waals surface area contributed by atoms with Crippen molar-refractivity contribution in [1.29, 1.82) is 0 Å². The second-order valence-electron chi connectivity index (χ2n) is 3.83. The summed E-state index contributed by atoms with van der Waals surface area (Å²) < 4.78 is 63.0. The molecular weight excluding hydrogens is 312 g/mol. The molecule has 20 heavy (non-hydrogen) atoms. The van der Waals surface area contributed by atoms with Crippen molar-refractivity contribution >= 4 is 20.5 Å². The Morgan fingerprint density at radius 3 is 1.90 bits per heavy atom. The molecular formula is C9H20N2O7S2. The van der Waals surface area contributed by atoms with Crippen molar-refractivity contribution in [3.63, 3.8) is 0 Å². The Balaban J connectivity index is 0. The van der Waals surface area contributed by atoms with Gasteiger partial charge in [0.05, 0.1) is 19.8 Å². The Hall–Kier alpha value is -1.01. The molecule has 0 radical (unpaired) electrons. The number of nitrogens with zero attached hydrogens (tertiary/aromatic N) is 2. The molecule has 0 atom stereocenters. The molecule has 0 amide bonds. The molecule has 9 nitrogen and oxygen atoms in total. The van der Waals surface area contributed by atoms with Gasteiger partial charge in [0.15, 0.2) is 0 Å². The quantitative estimate of drug-likeness (QED) is 0.436. The summed E-state index contributed by atoms with van der Waals surface area (Å²) in [6, 6.07) is 0. The van der Waals surface area contributed by atoms with Gasteiger partial charge in [0.25, 0.3) is 10.1 Å². The standard InChI is InChI=1S/C8H15N2.CH4O3S.H2O4S/c1-3-4-5-10-7-6-9(2)8-10;2*1-5(2,3)4/h6-8H,3-5H2,1-2H3;1H3,(H,2,3,4);(H2,1,2,3,4)/q+1;;/p-1. The van der Waals surface area contributed by atoms with Crippen LogP contribution in [0.2, 0.25) is 0 Å². The average Bonchev–Trinajstić information content (AvgIpc) is 2.56. The van der Waals surface area contributed by atoms with Gasteiger partial charge >= 0.3 is 0 Å². The number of aromatic nitrogens is 2. The van der Waals surface area contributed by atoms with E-state index in [1.165, 1.54) is 12.8 Å². The lowest BCUT2D eigenvalue weighted by atomic mass is 10.3. The monoisotopic (exact) mass is 332 g/mol. The predicted octanol–water partition coefficient (Wildman–Crippen LogP) is -0.379. The van der Waals surface area contributed by atoms with Crippen molar-refractivity contribution in [3.8, 4) is 0 Å². The van der Waals surface area contributed by atoms with Crippen LogP contribution in [-0.4, -0.2) is 41.3 Å². The number of unbranched alkanes of at least 4 members (excludes halogenated alkanes) is 1. The molecule has 0 saturated heterocycles. The molecule has 2 N–H and O–H groups in total. The SMILES string of the molecule is CCCCn1cc[n+](C)c1.CS(=O)(=O)O.O=S(=O)([O-])O. The molecule has 11 heteroatoms. The number of aryl methyl sites for hydroxylation is 2. The van der Waals surface area contributed by atoms with E-state index in [1.54, 1.807) is 0 Å². The van der Waals surface area contributed by atoms with Crippen molar-refractivity contribution in [2.45, 2.75) is 26.3 Å². The molecule has 0 aromatic carbocycles. The van der Waals surface area contributed by atoms with Crippen molar-refractivity contribution in [2.24, 2.45) is 7.05 Å². The van der Waals surface area contributed by atoms with Crippen molar-refractivity contribution in [3.05, 3.63) is 18.7 Å². The first-order valence-corrected chi connectivity index (χ1v) is 8.66. The molecule has 120 valence electrons. The molecule has 0 fully saturated rings. The van der Waals surface area contributed by atoms with E-state index in [0.717, 1.165) is 6.54 Å². The van der Waals surface area contributed by atoms with Gasteiger partial charge in [0.2, 0.25) is 16.7 Å². The third kappa shape index (κ3) is 30.2. The normalized spacial score (nSPS) is 10.9. The van der Waals surface area contributed by atoms with Crippen LogP contribution in [0.1, 0.15) is 19.8 Å². The minimum absolute atomic E-state index is 0.715. The fraction of sp³-hybridized carbons (Fsp3) is 0.667. The van der Waals surface area contributed by atoms with Crippen LogP contribution in [0.4, 0.5) is 0 Å². The zero-order valence-corrected chi connectivity index (χ0v) is 13.1. The maximum Gasteiger partial charge on any atom is 0.261 e. The highest BCUT2D eigenvalue weighted by atomic mass is 32.3. The third-order valence-electron chi connectivity index (χ3n) is 1.59. The minimum Gasteiger partial charge on any atom is -0.726 e. The van der Waals surface area contributed by atoms with E-state index >= 15 is 0 Å². The third-order valence-corrected chi connectivity index (χ3v) is 1.59. The molecule has 0 aliphatic carbocycles. The Labute approximate surface area is 119 Å². The predicted molar refractivity (Wildman–Crippen MR) is 70.3 cm³/mol. The fourth-order valence-corrected chi connectivity index (χ4v) is 0.975. The van der Waals surface area contributed by atoms with Crippen LogP contribution in [0.25, 0.3) is 0 Å². The first-order chi connectivity index (χ1) is 8.83. The van der Waals surface area contributed by atoms with Gasteiger partial charge < -0.3 is 4.55 Å². The molecule has 1 aromatic heterocycles. The zero-order chi connectivity index (χ0) is 16.4. The largest absolute Gasteiger partial charge is 0.726 e. The average molecular weight is 332 g/mol. The first kappa shape index (κ1) is 21.3. The summed E-state index contributed by atoms with van der Waals surface area (Å²) in [6.07, 6.45) is 9.53. The van der Waals surface area contributed by atoms with Gasteiger partial charge in [-0.05, 0) is 6.42 Å². The van der Waals surface area contributed by atoms with Gasteiger partial charge in [-0.3, -0.25) is 9.11 Å². The molecule has 1 rings (SSSR count). The van der Waals surface area contributed by atoms with Crippen LogP contribution in [0.15, 0.2) is 18.7 Å². The molecule has 1 aromatic rings. The second kappa shape index (κ2) is 9.83. The van der Waals surface area contributed by atoms with E-state index in [1.807, 2.05) is 7.05 Å². The zero-order valence-electron chi connectivity index (χ0n) is 11.5. The highest BCUT2D eigenvalue weighted by Crippen LogP contribution is 1.91. The minimum atomic E-state index is -4.92. The molecule has 0 aliphatic rings. The summed E-state index contributed by atoms with van der Waals surface area (Å²) in [7, 11) is -6.54. The highest BCUT2D eigenvalue weighted by Gasteiger charge is 1.96. The van der Waals surface area contributed by atoms with Crippen LogP contribution in [0.5, 0.6) is 0 Å². The van der Waals surface area contributed by atoms with Gasteiger partial charge in [0, 0.05) is 0 Å². The number of hydrogen-bond donors (Lipinski definition) is 2. The van der Waals surface area contributed by atoms with E-state index in [9.17, 15) is 8.42 Å². The smallest absolute Gasteiger partial charge is 0.261 e. The second-order valence-corrected chi connectivity index (χ2v) is 6.15. The Kier molecular flexibility index (Phi) is 10.5. The van der Waals surface area contributed by atoms with Gasteiger partial charge in [-0.1, -0.05) is 13.3 Å². The van der Waals surface area contributed by atoms with E-state index in [0.29, 0.717) is 6.26 Å². The summed E-state index contributed by atoms with van der Waals surface area (Å²) in [5.74, 6) is 0. The lowest BCUT2D eigenvalue weighted by Gasteiger charge is -1.90. The van der Waals surface area contributed by atoms with Gasteiger partial charge in [0.1, 0.15) is 12.4 Å². The topological polar surface area (TPSA) is 141 Å². The fourth-order valence-electron chi connectivity index (χ4n) is 0.975. The highest BCUT2D eigenvalue weighted by molar-refractivity contribution is 7.85. The van der Waals surface area contributed by atoms with E-state index in [4.69, 9.17) is 22.1 Å². The summed E-state index contributed by atoms with van der Waals surface area (Å²) in [5.41, 5.74) is 0. The molecule has 0 bridgehead atoms. The summed E-state index contributed by atoms with van der Waals surface area (Å²) in [5, 5.41) is 0. The van der Waals surface area contributed by atoms with Gasteiger partial charge in [-0.2, -0.15) is 8.42 Å². The summed E-state index contributed by atoms with van der Waals surface area (Å²) in [6.45, 7) is 3.36. The van der Waals surface area contributed by atoms with Crippen molar-refractivity contribution in [1.82, 2.24) is 4.57 Å². The van der Waals surface area contributed by atoms with E-state index in [-0.39, 0.29) is 0 Å². The Bertz CT molecular complexity index is 517. The van der Waals surface area contributed by atoms with Crippen molar-refractivity contribution < 1.29 is 35.1 Å². The maximum atomic E-state index is 9.19. The van der Waals surface area contributed by atoms with Gasteiger partial charge in [-0.25, -0.2) is 17.6 Å². The summed E-state index contributed by atoms with van der Waals surface area (Å²) in [4.78, 5) is 0. The number of imidazole rings is 1. The van der Waals surface area contributed by atoms with E-state index < -0.39 is 20.5 Å². The van der Waals surface area contributed by atoms with E-state index in [2.05, 4.69) is 34.8 Å². The first-order valence-electron chi connectivity index (χ1n) is 5.44. The Morgan fingerprint density at radius 1 is 1.25 bits per heavy atom. The molecule has 0 aliphatic heterocycles. The maximum absolute atomic E-state index is 9.19. The lowest BCUT2D eigenvalue weighted by Crippen LogP contribution is -2.23. The van der Waals surface area contributed by atoms with Gasteiger partial charge in [-0.15, -0.1) is 0 Å². The molecule has 0 unspecified atom stereocenters. The van der Waals surface area contributed by atoms with Crippen LogP contribution in [0.3, 0.4) is 0 Å². The number of hydrogen-bond acceptors (Lipinski definition) is 5. The number of rotatable bonds is 3. The molecule has 0 spiro atoms. The van der Waals surface area contributed by atoms with Crippen LogP contribution < -0.4 is 4.57 Å². The summed E-state index contributed by atoms with van der Waals surface area (Å²) >= 11 is 0.